The first-order valence-corrected chi connectivity index (χ1v) is 7.40. The molecule has 0 aliphatic heterocycles. The Morgan fingerprint density at radius 3 is 2.55 bits per heavy atom. The van der Waals surface area contributed by atoms with Crippen molar-refractivity contribution in [1.82, 2.24) is 4.90 Å². The number of aliphatic hydroxyl groups is 1. The Morgan fingerprint density at radius 2 is 2.00 bits per heavy atom. The highest BCUT2D eigenvalue weighted by molar-refractivity contribution is 5.88. The minimum Gasteiger partial charge on any atom is -0.396 e. The quantitative estimate of drug-likeness (QED) is 0.717. The van der Waals surface area contributed by atoms with E-state index in [9.17, 15) is 4.79 Å². The minimum absolute atomic E-state index is 0.0404. The number of amides is 1. The van der Waals surface area contributed by atoms with Crippen LogP contribution in [0.25, 0.3) is 0 Å². The molecule has 1 saturated carbocycles. The van der Waals surface area contributed by atoms with Gasteiger partial charge in [0.05, 0.1) is 0 Å². The van der Waals surface area contributed by atoms with E-state index in [1.807, 2.05) is 12.1 Å². The van der Waals surface area contributed by atoms with Crippen LogP contribution >= 0.6 is 0 Å². The molecule has 110 valence electrons. The van der Waals surface area contributed by atoms with Crippen molar-refractivity contribution in [2.24, 2.45) is 0 Å². The van der Waals surface area contributed by atoms with Crippen molar-refractivity contribution in [3.8, 4) is 0 Å². The highest BCUT2D eigenvalue weighted by Crippen LogP contribution is 2.28. The second kappa shape index (κ2) is 7.41. The first kappa shape index (κ1) is 15.0. The molecule has 1 aliphatic carbocycles. The molecule has 2 rings (SSSR count). The molecule has 2 N–H and O–H groups in total. The molecule has 0 saturated heterocycles. The molecule has 1 amide bonds. The van der Waals surface area contributed by atoms with Gasteiger partial charge >= 0.3 is 0 Å². The lowest BCUT2D eigenvalue weighted by Crippen LogP contribution is -2.26. The van der Waals surface area contributed by atoms with E-state index in [2.05, 4.69) is 22.3 Å². The normalized spacial score (nSPS) is 14.6. The SMILES string of the molecule is CC(=O)Nc1ccc(CN(CCCCO)C2CC2)cc1. The predicted molar refractivity (Wildman–Crippen MR) is 80.5 cm³/mol. The van der Waals surface area contributed by atoms with Gasteiger partial charge in [0.1, 0.15) is 0 Å². The Labute approximate surface area is 120 Å². The van der Waals surface area contributed by atoms with Gasteiger partial charge in [-0.25, -0.2) is 0 Å². The molecule has 1 aliphatic rings. The lowest BCUT2D eigenvalue weighted by atomic mass is 10.1. The minimum atomic E-state index is -0.0404. The maximum atomic E-state index is 11.0. The molecule has 20 heavy (non-hydrogen) atoms. The van der Waals surface area contributed by atoms with Crippen molar-refractivity contribution in [2.75, 3.05) is 18.5 Å². The number of aliphatic hydroxyl groups excluding tert-OH is 1. The molecule has 1 aromatic rings. The lowest BCUT2D eigenvalue weighted by molar-refractivity contribution is -0.114. The second-order valence-electron chi connectivity index (χ2n) is 5.51. The topological polar surface area (TPSA) is 52.6 Å². The summed E-state index contributed by atoms with van der Waals surface area (Å²) in [5, 5.41) is 11.7. The Kier molecular flexibility index (Phi) is 5.56. The van der Waals surface area contributed by atoms with Crippen LogP contribution in [-0.2, 0) is 11.3 Å². The number of rotatable bonds is 8. The van der Waals surface area contributed by atoms with Crippen LogP contribution in [0.1, 0.15) is 38.2 Å². The van der Waals surface area contributed by atoms with Crippen molar-refractivity contribution in [1.29, 1.82) is 0 Å². The van der Waals surface area contributed by atoms with Crippen molar-refractivity contribution < 1.29 is 9.90 Å². The third-order valence-electron chi connectivity index (χ3n) is 3.58. The molecule has 0 radical (unpaired) electrons. The predicted octanol–water partition coefficient (Wildman–Crippen LogP) is 2.38. The molecule has 1 aromatic carbocycles. The summed E-state index contributed by atoms with van der Waals surface area (Å²) in [6.45, 7) is 3.81. The van der Waals surface area contributed by atoms with Crippen LogP contribution in [-0.4, -0.2) is 35.1 Å². The van der Waals surface area contributed by atoms with Gasteiger partial charge in [-0.2, -0.15) is 0 Å². The summed E-state index contributed by atoms with van der Waals surface area (Å²) in [5.41, 5.74) is 2.12. The van der Waals surface area contributed by atoms with Crippen LogP contribution in [0.2, 0.25) is 0 Å². The van der Waals surface area contributed by atoms with E-state index in [1.165, 1.54) is 25.3 Å². The van der Waals surface area contributed by atoms with Crippen LogP contribution in [0.15, 0.2) is 24.3 Å². The molecule has 4 heteroatoms. The van der Waals surface area contributed by atoms with Crippen LogP contribution in [0, 0.1) is 0 Å². The third-order valence-corrected chi connectivity index (χ3v) is 3.58. The van der Waals surface area contributed by atoms with Crippen molar-refractivity contribution in [3.63, 3.8) is 0 Å². The van der Waals surface area contributed by atoms with Gasteiger partial charge in [0, 0.05) is 31.8 Å². The first-order valence-electron chi connectivity index (χ1n) is 7.40. The zero-order valence-electron chi connectivity index (χ0n) is 12.1. The fraction of sp³-hybridized carbons (Fsp3) is 0.562. The molecule has 1 fully saturated rings. The van der Waals surface area contributed by atoms with E-state index in [0.29, 0.717) is 0 Å². The highest BCUT2D eigenvalue weighted by atomic mass is 16.2. The number of hydrogen-bond acceptors (Lipinski definition) is 3. The van der Waals surface area contributed by atoms with Gasteiger partial charge in [0.2, 0.25) is 5.91 Å². The largest absolute Gasteiger partial charge is 0.396 e. The number of nitrogens with one attached hydrogen (secondary N) is 1. The number of hydrogen-bond donors (Lipinski definition) is 2. The summed E-state index contributed by atoms with van der Waals surface area (Å²) >= 11 is 0. The number of nitrogens with zero attached hydrogens (tertiary/aromatic N) is 1. The smallest absolute Gasteiger partial charge is 0.221 e. The molecule has 0 unspecified atom stereocenters. The molecular formula is C16H24N2O2. The van der Waals surface area contributed by atoms with E-state index in [1.54, 1.807) is 0 Å². The van der Waals surface area contributed by atoms with Gasteiger partial charge in [-0.1, -0.05) is 12.1 Å². The standard InChI is InChI=1S/C16H24N2O2/c1-13(20)17-15-6-4-14(5-7-15)12-18(16-8-9-16)10-2-3-11-19/h4-7,16,19H,2-3,8-12H2,1H3,(H,17,20). The van der Waals surface area contributed by atoms with Gasteiger partial charge in [-0.05, 0) is 49.9 Å². The van der Waals surface area contributed by atoms with Crippen LogP contribution in [0.5, 0.6) is 0 Å². The maximum Gasteiger partial charge on any atom is 0.221 e. The van der Waals surface area contributed by atoms with Gasteiger partial charge in [-0.15, -0.1) is 0 Å². The fourth-order valence-corrected chi connectivity index (χ4v) is 2.39. The molecule has 0 spiro atoms. The number of carbonyl (C=O) groups is 1. The molecule has 0 bridgehead atoms. The van der Waals surface area contributed by atoms with E-state index in [-0.39, 0.29) is 12.5 Å². The van der Waals surface area contributed by atoms with E-state index < -0.39 is 0 Å². The Morgan fingerprint density at radius 1 is 1.30 bits per heavy atom. The number of anilines is 1. The van der Waals surface area contributed by atoms with E-state index in [4.69, 9.17) is 5.11 Å². The summed E-state index contributed by atoms with van der Waals surface area (Å²) < 4.78 is 0. The molecule has 0 heterocycles. The maximum absolute atomic E-state index is 11.0. The third kappa shape index (κ3) is 4.94. The monoisotopic (exact) mass is 276 g/mol. The summed E-state index contributed by atoms with van der Waals surface area (Å²) in [5.74, 6) is -0.0404. The van der Waals surface area contributed by atoms with Crippen molar-refractivity contribution in [3.05, 3.63) is 29.8 Å². The van der Waals surface area contributed by atoms with Crippen LogP contribution < -0.4 is 5.32 Å². The highest BCUT2D eigenvalue weighted by Gasteiger charge is 2.28. The summed E-state index contributed by atoms with van der Waals surface area (Å²) in [7, 11) is 0. The van der Waals surface area contributed by atoms with E-state index in [0.717, 1.165) is 37.7 Å². The van der Waals surface area contributed by atoms with Crippen LogP contribution in [0.4, 0.5) is 5.69 Å². The van der Waals surface area contributed by atoms with Gasteiger partial charge < -0.3 is 10.4 Å². The summed E-state index contributed by atoms with van der Waals surface area (Å²) in [6.07, 6.45) is 4.52. The number of carbonyl (C=O) groups excluding carboxylic acids is 1. The fourth-order valence-electron chi connectivity index (χ4n) is 2.39. The average molecular weight is 276 g/mol. The number of benzene rings is 1. The van der Waals surface area contributed by atoms with Crippen molar-refractivity contribution >= 4 is 11.6 Å². The summed E-state index contributed by atoms with van der Waals surface area (Å²) in [6, 6.07) is 8.79. The molecule has 0 aromatic heterocycles. The average Bonchev–Trinajstić information content (AvgIpc) is 3.24. The molecule has 4 nitrogen and oxygen atoms in total. The van der Waals surface area contributed by atoms with Gasteiger partial charge in [0.25, 0.3) is 0 Å². The van der Waals surface area contributed by atoms with Gasteiger partial charge in [0.15, 0.2) is 0 Å². The summed E-state index contributed by atoms with van der Waals surface area (Å²) in [4.78, 5) is 13.5. The zero-order valence-corrected chi connectivity index (χ0v) is 12.1. The lowest BCUT2D eigenvalue weighted by Gasteiger charge is -2.22. The zero-order chi connectivity index (χ0) is 14.4. The molecule has 0 atom stereocenters. The van der Waals surface area contributed by atoms with Crippen molar-refractivity contribution in [2.45, 2.75) is 45.2 Å². The van der Waals surface area contributed by atoms with Crippen LogP contribution in [0.3, 0.4) is 0 Å². The Hall–Kier alpha value is -1.39. The molecular weight excluding hydrogens is 252 g/mol. The van der Waals surface area contributed by atoms with E-state index >= 15 is 0 Å². The Bertz CT molecular complexity index is 427. The Balaban J connectivity index is 1.87. The first-order chi connectivity index (χ1) is 9.69. The second-order valence-corrected chi connectivity index (χ2v) is 5.51. The number of unbranched alkanes of at least 4 members (excludes halogenated alkanes) is 1. The van der Waals surface area contributed by atoms with Gasteiger partial charge in [-0.3, -0.25) is 9.69 Å².